The van der Waals surface area contributed by atoms with E-state index < -0.39 is 17.3 Å². The van der Waals surface area contributed by atoms with Crippen molar-refractivity contribution in [3.8, 4) is 0 Å². The SMILES string of the molecule is O=C1O[C@]2(CC[C@H](CNc3ccc(C(F)(F)F)cn3)CC2)CN1c1ccccn1. The van der Waals surface area contributed by atoms with Crippen molar-refractivity contribution >= 4 is 17.7 Å². The minimum atomic E-state index is -4.38. The number of carbonyl (C=O) groups is 1. The monoisotopic (exact) mass is 406 g/mol. The number of nitrogens with zero attached hydrogens (tertiary/aromatic N) is 3. The highest BCUT2D eigenvalue weighted by atomic mass is 19.4. The molecule has 4 rings (SSSR count). The molecule has 2 fully saturated rings. The Hall–Kier alpha value is -2.84. The molecule has 0 unspecified atom stereocenters. The lowest BCUT2D eigenvalue weighted by molar-refractivity contribution is -0.137. The fraction of sp³-hybridized carbons (Fsp3) is 0.450. The number of pyridine rings is 2. The lowest BCUT2D eigenvalue weighted by atomic mass is 9.78. The standard InChI is InChI=1S/C20H21F3N4O2/c21-20(22,23)15-4-5-16(26-12-15)25-11-14-6-8-19(9-7-14)13-27(18(28)29-19)17-3-1-2-10-24-17/h1-5,10,12,14H,6-9,11,13H2,(H,25,26)/t14-,19-. The Morgan fingerprint density at radius 2 is 1.97 bits per heavy atom. The molecular formula is C20H21F3N4O2. The molecule has 1 aliphatic carbocycles. The first-order valence-electron chi connectivity index (χ1n) is 9.53. The molecule has 0 bridgehead atoms. The Labute approximate surface area is 166 Å². The predicted octanol–water partition coefficient (Wildman–Crippen LogP) is 4.49. The minimum Gasteiger partial charge on any atom is -0.441 e. The molecule has 2 aromatic heterocycles. The number of ether oxygens (including phenoxy) is 1. The zero-order chi connectivity index (χ0) is 20.5. The third-order valence-corrected chi connectivity index (χ3v) is 5.58. The summed E-state index contributed by atoms with van der Waals surface area (Å²) in [6.45, 7) is 1.11. The second kappa shape index (κ2) is 7.53. The van der Waals surface area contributed by atoms with Gasteiger partial charge in [-0.1, -0.05) is 6.07 Å². The number of carbonyl (C=O) groups excluding carboxylic acids is 1. The number of rotatable bonds is 4. The average molecular weight is 406 g/mol. The van der Waals surface area contributed by atoms with Gasteiger partial charge in [-0.25, -0.2) is 14.8 Å². The van der Waals surface area contributed by atoms with E-state index in [1.165, 1.54) is 6.07 Å². The maximum Gasteiger partial charge on any atom is 0.417 e. The van der Waals surface area contributed by atoms with E-state index in [2.05, 4.69) is 15.3 Å². The first-order chi connectivity index (χ1) is 13.8. The van der Waals surface area contributed by atoms with Gasteiger partial charge in [0.15, 0.2) is 0 Å². The van der Waals surface area contributed by atoms with Crippen molar-refractivity contribution in [2.45, 2.75) is 37.5 Å². The van der Waals surface area contributed by atoms with Gasteiger partial charge in [-0.2, -0.15) is 13.2 Å². The van der Waals surface area contributed by atoms with Crippen molar-refractivity contribution in [3.05, 3.63) is 48.3 Å². The number of hydrogen-bond acceptors (Lipinski definition) is 5. The van der Waals surface area contributed by atoms with E-state index in [0.717, 1.165) is 37.9 Å². The van der Waals surface area contributed by atoms with Crippen LogP contribution in [0.2, 0.25) is 0 Å². The summed E-state index contributed by atoms with van der Waals surface area (Å²) in [6, 6.07) is 7.78. The molecule has 0 aromatic carbocycles. The van der Waals surface area contributed by atoms with E-state index in [4.69, 9.17) is 4.74 Å². The Morgan fingerprint density at radius 3 is 2.59 bits per heavy atom. The quantitative estimate of drug-likeness (QED) is 0.810. The van der Waals surface area contributed by atoms with E-state index in [9.17, 15) is 18.0 Å². The normalized spacial score (nSPS) is 24.6. The van der Waals surface area contributed by atoms with Crippen molar-refractivity contribution in [3.63, 3.8) is 0 Å². The van der Waals surface area contributed by atoms with Gasteiger partial charge < -0.3 is 10.1 Å². The van der Waals surface area contributed by atoms with Gasteiger partial charge in [0.05, 0.1) is 12.1 Å². The van der Waals surface area contributed by atoms with Crippen LogP contribution in [0.3, 0.4) is 0 Å². The summed E-state index contributed by atoms with van der Waals surface area (Å²) in [5.41, 5.74) is -1.25. The van der Waals surface area contributed by atoms with Crippen molar-refractivity contribution in [1.82, 2.24) is 9.97 Å². The van der Waals surface area contributed by atoms with E-state index in [1.54, 1.807) is 23.2 Å². The van der Waals surface area contributed by atoms with Crippen LogP contribution in [0.25, 0.3) is 0 Å². The summed E-state index contributed by atoms with van der Waals surface area (Å²) < 4.78 is 43.5. The molecule has 0 atom stereocenters. The maximum absolute atomic E-state index is 12.6. The fourth-order valence-electron chi connectivity index (χ4n) is 3.90. The number of aromatic nitrogens is 2. The highest BCUT2D eigenvalue weighted by molar-refractivity contribution is 5.89. The molecule has 29 heavy (non-hydrogen) atoms. The molecule has 1 aliphatic heterocycles. The van der Waals surface area contributed by atoms with E-state index >= 15 is 0 Å². The molecule has 1 saturated carbocycles. The number of anilines is 2. The van der Waals surface area contributed by atoms with Crippen LogP contribution < -0.4 is 10.2 Å². The van der Waals surface area contributed by atoms with Gasteiger partial charge >= 0.3 is 12.3 Å². The first kappa shape index (κ1) is 19.5. The van der Waals surface area contributed by atoms with Gasteiger partial charge in [-0.05, 0) is 55.9 Å². The highest BCUT2D eigenvalue weighted by Crippen LogP contribution is 2.40. The Bertz CT molecular complexity index is 850. The van der Waals surface area contributed by atoms with Gasteiger partial charge in [0.25, 0.3) is 0 Å². The van der Waals surface area contributed by atoms with Crippen LogP contribution in [0, 0.1) is 5.92 Å². The smallest absolute Gasteiger partial charge is 0.417 e. The maximum atomic E-state index is 12.6. The summed E-state index contributed by atoms with van der Waals surface area (Å²) in [4.78, 5) is 21.9. The number of halogens is 3. The zero-order valence-electron chi connectivity index (χ0n) is 15.7. The number of hydrogen-bond donors (Lipinski definition) is 1. The largest absolute Gasteiger partial charge is 0.441 e. The molecule has 0 radical (unpaired) electrons. The minimum absolute atomic E-state index is 0.340. The number of nitrogens with one attached hydrogen (secondary N) is 1. The molecule has 1 saturated heterocycles. The van der Waals surface area contributed by atoms with Gasteiger partial charge in [0.2, 0.25) is 0 Å². The van der Waals surface area contributed by atoms with Crippen LogP contribution in [-0.2, 0) is 10.9 Å². The molecule has 9 heteroatoms. The molecule has 2 aromatic rings. The van der Waals surface area contributed by atoms with Crippen molar-refractivity contribution in [1.29, 1.82) is 0 Å². The molecule has 1 spiro atoms. The Kier molecular flexibility index (Phi) is 5.06. The van der Waals surface area contributed by atoms with Gasteiger partial charge in [0.1, 0.15) is 17.2 Å². The molecule has 6 nitrogen and oxygen atoms in total. The van der Waals surface area contributed by atoms with Crippen LogP contribution in [0.5, 0.6) is 0 Å². The fourth-order valence-corrected chi connectivity index (χ4v) is 3.90. The third kappa shape index (κ3) is 4.28. The molecular weight excluding hydrogens is 385 g/mol. The summed E-state index contributed by atoms with van der Waals surface area (Å²) in [5.74, 6) is 1.35. The van der Waals surface area contributed by atoms with E-state index in [0.29, 0.717) is 30.6 Å². The lowest BCUT2D eigenvalue weighted by Crippen LogP contribution is -2.39. The molecule has 2 aliphatic rings. The van der Waals surface area contributed by atoms with Crippen LogP contribution in [0.1, 0.15) is 31.2 Å². The third-order valence-electron chi connectivity index (χ3n) is 5.58. The van der Waals surface area contributed by atoms with Crippen LogP contribution in [0.15, 0.2) is 42.7 Å². The second-order valence-corrected chi connectivity index (χ2v) is 7.58. The van der Waals surface area contributed by atoms with Crippen molar-refractivity contribution < 1.29 is 22.7 Å². The number of alkyl halides is 3. The summed E-state index contributed by atoms with van der Waals surface area (Å²) in [6.07, 6.45) is 0.936. The first-order valence-corrected chi connectivity index (χ1v) is 9.53. The van der Waals surface area contributed by atoms with Gasteiger partial charge in [-0.15, -0.1) is 0 Å². The summed E-state index contributed by atoms with van der Waals surface area (Å²) in [5, 5.41) is 3.11. The number of amides is 1. The molecule has 3 heterocycles. The Balaban J connectivity index is 1.29. The van der Waals surface area contributed by atoms with E-state index in [1.807, 2.05) is 6.07 Å². The molecule has 154 valence electrons. The van der Waals surface area contributed by atoms with E-state index in [-0.39, 0.29) is 6.09 Å². The zero-order valence-corrected chi connectivity index (χ0v) is 15.7. The van der Waals surface area contributed by atoms with Crippen molar-refractivity contribution in [2.24, 2.45) is 5.92 Å². The molecule has 1 amide bonds. The predicted molar refractivity (Wildman–Crippen MR) is 100 cm³/mol. The Morgan fingerprint density at radius 1 is 1.17 bits per heavy atom. The summed E-state index contributed by atoms with van der Waals surface area (Å²) in [7, 11) is 0. The van der Waals surface area contributed by atoms with Gasteiger partial charge in [-0.3, -0.25) is 4.90 Å². The van der Waals surface area contributed by atoms with Crippen LogP contribution in [-0.4, -0.2) is 34.8 Å². The van der Waals surface area contributed by atoms with Crippen molar-refractivity contribution in [2.75, 3.05) is 23.3 Å². The van der Waals surface area contributed by atoms with Crippen LogP contribution in [0.4, 0.5) is 29.6 Å². The lowest BCUT2D eigenvalue weighted by Gasteiger charge is -2.35. The van der Waals surface area contributed by atoms with Gasteiger partial charge in [0, 0.05) is 18.9 Å². The average Bonchev–Trinajstić information content (AvgIpc) is 3.04. The second-order valence-electron chi connectivity index (χ2n) is 7.58. The summed E-state index contributed by atoms with van der Waals surface area (Å²) >= 11 is 0. The topological polar surface area (TPSA) is 67.3 Å². The molecule has 1 N–H and O–H groups in total. The highest BCUT2D eigenvalue weighted by Gasteiger charge is 2.47. The van der Waals surface area contributed by atoms with Crippen LogP contribution >= 0.6 is 0 Å².